The summed E-state index contributed by atoms with van der Waals surface area (Å²) in [6, 6.07) is 13.3. The third kappa shape index (κ3) is 3.60. The number of hydrogen-bond acceptors (Lipinski definition) is 3. The van der Waals surface area contributed by atoms with Crippen molar-refractivity contribution in [1.29, 1.82) is 0 Å². The van der Waals surface area contributed by atoms with Crippen molar-refractivity contribution in [3.05, 3.63) is 48.0 Å². The molecule has 2 atom stereocenters. The van der Waals surface area contributed by atoms with Crippen LogP contribution in [0.5, 0.6) is 0 Å². The van der Waals surface area contributed by atoms with E-state index < -0.39 is 12.0 Å². The Kier molecular flexibility index (Phi) is 4.94. The van der Waals surface area contributed by atoms with Gasteiger partial charge in [-0.2, -0.15) is 0 Å². The molecule has 0 heterocycles. The van der Waals surface area contributed by atoms with E-state index in [1.165, 1.54) is 0 Å². The van der Waals surface area contributed by atoms with Crippen LogP contribution in [0.1, 0.15) is 25.5 Å². The third-order valence-corrected chi connectivity index (χ3v) is 3.71. The zero-order valence-corrected chi connectivity index (χ0v) is 12.4. The highest BCUT2D eigenvalue weighted by Gasteiger charge is 2.22. The van der Waals surface area contributed by atoms with Crippen LogP contribution in [0.4, 0.5) is 0 Å². The number of benzene rings is 2. The fourth-order valence-electron chi connectivity index (χ4n) is 2.55. The van der Waals surface area contributed by atoms with Gasteiger partial charge in [-0.15, -0.1) is 0 Å². The lowest BCUT2D eigenvalue weighted by Crippen LogP contribution is -2.43. The molecule has 21 heavy (non-hydrogen) atoms. The van der Waals surface area contributed by atoms with Gasteiger partial charge in [0, 0.05) is 12.6 Å². The van der Waals surface area contributed by atoms with Gasteiger partial charge in [-0.05, 0) is 22.3 Å². The molecular weight excluding hydrogens is 264 g/mol. The molecule has 0 spiro atoms. The summed E-state index contributed by atoms with van der Waals surface area (Å²) in [5.74, 6) is -0.822. The fourth-order valence-corrected chi connectivity index (χ4v) is 2.55. The van der Waals surface area contributed by atoms with Gasteiger partial charge in [-0.25, -0.2) is 0 Å². The molecule has 0 unspecified atom stereocenters. The van der Waals surface area contributed by atoms with Crippen LogP contribution >= 0.6 is 0 Å². The molecule has 0 aliphatic carbocycles. The molecule has 0 saturated heterocycles. The average molecular weight is 286 g/mol. The minimum Gasteiger partial charge on any atom is -0.480 e. The highest BCUT2D eigenvalue weighted by molar-refractivity contribution is 5.86. The van der Waals surface area contributed by atoms with Crippen molar-refractivity contribution < 1.29 is 9.90 Å². The molecule has 4 N–H and O–H groups in total. The van der Waals surface area contributed by atoms with Crippen LogP contribution < -0.4 is 11.1 Å². The monoisotopic (exact) mass is 286 g/mol. The summed E-state index contributed by atoms with van der Waals surface area (Å²) in [4.78, 5) is 11.2. The number of nitrogens with one attached hydrogen (secondary N) is 1. The largest absolute Gasteiger partial charge is 0.480 e. The predicted molar refractivity (Wildman–Crippen MR) is 85.1 cm³/mol. The first-order valence-electron chi connectivity index (χ1n) is 7.20. The Morgan fingerprint density at radius 3 is 2.52 bits per heavy atom. The van der Waals surface area contributed by atoms with Crippen LogP contribution in [0.15, 0.2) is 42.5 Å². The van der Waals surface area contributed by atoms with Crippen LogP contribution in [0.2, 0.25) is 0 Å². The van der Waals surface area contributed by atoms with Crippen LogP contribution in [0, 0.1) is 5.92 Å². The predicted octanol–water partition coefficient (Wildman–Crippen LogP) is 2.54. The van der Waals surface area contributed by atoms with Crippen LogP contribution in [0.3, 0.4) is 0 Å². The zero-order chi connectivity index (χ0) is 15.4. The van der Waals surface area contributed by atoms with Crippen LogP contribution in [0.25, 0.3) is 10.8 Å². The minimum absolute atomic E-state index is 0.0159. The first kappa shape index (κ1) is 15.5. The number of rotatable bonds is 6. The number of hydrogen-bond donors (Lipinski definition) is 3. The lowest BCUT2D eigenvalue weighted by atomic mass is 9.98. The molecule has 0 amide bonds. The van der Waals surface area contributed by atoms with E-state index >= 15 is 0 Å². The molecule has 4 nitrogen and oxygen atoms in total. The van der Waals surface area contributed by atoms with Crippen LogP contribution in [-0.2, 0) is 4.79 Å². The first-order chi connectivity index (χ1) is 10.0. The van der Waals surface area contributed by atoms with Crippen molar-refractivity contribution in [2.24, 2.45) is 11.7 Å². The van der Waals surface area contributed by atoms with E-state index in [-0.39, 0.29) is 12.0 Å². The van der Waals surface area contributed by atoms with Crippen molar-refractivity contribution in [2.75, 3.05) is 6.54 Å². The number of carboxylic acid groups (broad SMARTS) is 1. The first-order valence-corrected chi connectivity index (χ1v) is 7.20. The summed E-state index contributed by atoms with van der Waals surface area (Å²) in [6.45, 7) is 4.20. The lowest BCUT2D eigenvalue weighted by molar-refractivity contribution is -0.140. The normalized spacial score (nSPS) is 14.3. The Morgan fingerprint density at radius 2 is 1.86 bits per heavy atom. The molecule has 0 radical (unpaired) electrons. The summed E-state index contributed by atoms with van der Waals surface area (Å²) in [6.07, 6.45) is 0. The fraction of sp³-hybridized carbons (Fsp3) is 0.353. The van der Waals surface area contributed by atoms with E-state index in [9.17, 15) is 9.90 Å². The molecule has 0 fully saturated rings. The quantitative estimate of drug-likeness (QED) is 0.763. The molecule has 0 aromatic heterocycles. The van der Waals surface area contributed by atoms with Gasteiger partial charge in [-0.1, -0.05) is 56.3 Å². The maximum Gasteiger partial charge on any atom is 0.320 e. The smallest absolute Gasteiger partial charge is 0.320 e. The van der Waals surface area contributed by atoms with E-state index in [4.69, 9.17) is 5.73 Å². The second kappa shape index (κ2) is 6.70. The molecule has 0 aliphatic heterocycles. The Bertz CT molecular complexity index is 620. The van der Waals surface area contributed by atoms with Crippen molar-refractivity contribution in [2.45, 2.75) is 25.9 Å². The number of aliphatic carboxylic acids is 1. The van der Waals surface area contributed by atoms with Gasteiger partial charge < -0.3 is 16.2 Å². The van der Waals surface area contributed by atoms with Gasteiger partial charge in [0.25, 0.3) is 0 Å². The summed E-state index contributed by atoms with van der Waals surface area (Å²) in [7, 11) is 0. The van der Waals surface area contributed by atoms with Gasteiger partial charge in [0.2, 0.25) is 0 Å². The number of nitrogens with two attached hydrogens (primary N) is 1. The van der Waals surface area contributed by atoms with Crippen molar-refractivity contribution in [3.63, 3.8) is 0 Å². The lowest BCUT2D eigenvalue weighted by Gasteiger charge is -2.21. The highest BCUT2D eigenvalue weighted by atomic mass is 16.4. The van der Waals surface area contributed by atoms with Crippen LogP contribution in [-0.4, -0.2) is 23.7 Å². The standard InChI is InChI=1S/C17H22N2O2/c1-11(2)16(17(20)21)19-10-15(18)14-9-5-7-12-6-3-4-8-13(12)14/h3-9,11,15-16,19H,10,18H2,1-2H3,(H,20,21)/t15-,16-/m0/s1. The van der Waals surface area contributed by atoms with Crippen molar-refractivity contribution in [3.8, 4) is 0 Å². The Balaban J connectivity index is 2.15. The van der Waals surface area contributed by atoms with Gasteiger partial charge in [0.1, 0.15) is 6.04 Å². The van der Waals surface area contributed by atoms with Crippen molar-refractivity contribution >= 4 is 16.7 Å². The minimum atomic E-state index is -0.838. The molecular formula is C17H22N2O2. The summed E-state index contributed by atoms with van der Waals surface area (Å²) >= 11 is 0. The van der Waals surface area contributed by atoms with E-state index in [1.54, 1.807) is 0 Å². The maximum atomic E-state index is 11.2. The average Bonchev–Trinajstić information content (AvgIpc) is 2.46. The molecule has 2 rings (SSSR count). The Hall–Kier alpha value is -1.91. The zero-order valence-electron chi connectivity index (χ0n) is 12.4. The summed E-state index contributed by atoms with van der Waals surface area (Å²) in [5, 5.41) is 14.5. The number of carbonyl (C=O) groups is 1. The number of carboxylic acids is 1. The van der Waals surface area contributed by atoms with E-state index in [0.29, 0.717) is 6.54 Å². The topological polar surface area (TPSA) is 75.3 Å². The molecule has 2 aromatic rings. The molecule has 0 bridgehead atoms. The van der Waals surface area contributed by atoms with E-state index in [1.807, 2.05) is 56.3 Å². The second-order valence-electron chi connectivity index (χ2n) is 5.64. The highest BCUT2D eigenvalue weighted by Crippen LogP contribution is 2.22. The van der Waals surface area contributed by atoms with Gasteiger partial charge in [0.05, 0.1) is 0 Å². The number of fused-ring (bicyclic) bond motifs is 1. The molecule has 2 aromatic carbocycles. The SMILES string of the molecule is CC(C)[C@H](NC[C@H](N)c1cccc2ccccc12)C(=O)O. The van der Waals surface area contributed by atoms with Crippen molar-refractivity contribution in [1.82, 2.24) is 5.32 Å². The summed E-state index contributed by atoms with van der Waals surface area (Å²) < 4.78 is 0. The maximum absolute atomic E-state index is 11.2. The second-order valence-corrected chi connectivity index (χ2v) is 5.64. The Morgan fingerprint density at radius 1 is 1.19 bits per heavy atom. The third-order valence-electron chi connectivity index (χ3n) is 3.71. The molecule has 112 valence electrons. The van der Waals surface area contributed by atoms with Gasteiger partial charge >= 0.3 is 5.97 Å². The molecule has 0 aliphatic rings. The summed E-state index contributed by atoms with van der Waals surface area (Å²) in [5.41, 5.74) is 7.29. The Labute approximate surface area is 125 Å². The van der Waals surface area contributed by atoms with E-state index in [2.05, 4.69) is 5.32 Å². The molecule has 0 saturated carbocycles. The van der Waals surface area contributed by atoms with E-state index in [0.717, 1.165) is 16.3 Å². The van der Waals surface area contributed by atoms with Gasteiger partial charge in [0.15, 0.2) is 0 Å². The van der Waals surface area contributed by atoms with Gasteiger partial charge in [-0.3, -0.25) is 4.79 Å². The molecule has 4 heteroatoms.